The van der Waals surface area contributed by atoms with Crippen molar-refractivity contribution in [1.29, 1.82) is 0 Å². The molecule has 2 aromatic carbocycles. The van der Waals surface area contributed by atoms with Crippen molar-refractivity contribution in [1.82, 2.24) is 0 Å². The summed E-state index contributed by atoms with van der Waals surface area (Å²) in [5.74, 6) is 0.907. The molecule has 4 nitrogen and oxygen atoms in total. The Balaban J connectivity index is 2.37. The van der Waals surface area contributed by atoms with Crippen LogP contribution >= 0.6 is 0 Å². The van der Waals surface area contributed by atoms with Gasteiger partial charge in [-0.05, 0) is 49.0 Å². The van der Waals surface area contributed by atoms with E-state index in [2.05, 4.69) is 18.1 Å². The van der Waals surface area contributed by atoms with Gasteiger partial charge in [0.1, 0.15) is 16.9 Å². The Hall–Kier alpha value is -2.75. The molecule has 0 fully saturated rings. The van der Waals surface area contributed by atoms with Crippen LogP contribution in [0.25, 0.3) is 32.7 Å². The van der Waals surface area contributed by atoms with E-state index in [0.717, 1.165) is 44.0 Å². The Morgan fingerprint density at radius 3 is 2.23 bits per heavy atom. The molecule has 0 saturated carbocycles. The van der Waals surface area contributed by atoms with Gasteiger partial charge in [-0.3, -0.25) is 0 Å². The smallest absolute Gasteiger partial charge is 0.263 e. The maximum absolute atomic E-state index is 9.26. The van der Waals surface area contributed by atoms with Gasteiger partial charge < -0.3 is 14.0 Å². The Morgan fingerprint density at radius 2 is 1.50 bits per heavy atom. The third-order valence-electron chi connectivity index (χ3n) is 4.38. The zero-order valence-corrected chi connectivity index (χ0v) is 12.6. The van der Waals surface area contributed by atoms with Crippen LogP contribution < -0.4 is 5.55 Å². The largest absolute Gasteiger partial charge is 0.461 e. The third kappa shape index (κ3) is 1.55. The predicted octanol–water partition coefficient (Wildman–Crippen LogP) is 4.55. The van der Waals surface area contributed by atoms with E-state index in [0.29, 0.717) is 5.58 Å². The number of hydrogen-bond acceptors (Lipinski definition) is 4. The summed E-state index contributed by atoms with van der Waals surface area (Å²) in [6.45, 7) is 5.98. The molecule has 110 valence electrons. The molecule has 0 saturated heterocycles. The van der Waals surface area contributed by atoms with E-state index in [4.69, 9.17) is 8.83 Å². The molecule has 2 heterocycles. The van der Waals surface area contributed by atoms with Crippen molar-refractivity contribution < 1.29 is 14.0 Å². The third-order valence-corrected chi connectivity index (χ3v) is 4.38. The van der Waals surface area contributed by atoms with Crippen LogP contribution in [-0.4, -0.2) is 5.21 Å². The van der Waals surface area contributed by atoms with Gasteiger partial charge in [0.2, 0.25) is 0 Å². The second-order valence-corrected chi connectivity index (χ2v) is 5.59. The Kier molecular flexibility index (Phi) is 2.57. The van der Waals surface area contributed by atoms with Crippen LogP contribution in [0.2, 0.25) is 0 Å². The van der Waals surface area contributed by atoms with Crippen LogP contribution in [-0.2, 0) is 0 Å². The first kappa shape index (κ1) is 13.0. The lowest BCUT2D eigenvalue weighted by atomic mass is 10.0. The van der Waals surface area contributed by atoms with E-state index in [1.165, 1.54) is 0 Å². The molecule has 0 radical (unpaired) electrons. The van der Waals surface area contributed by atoms with E-state index in [9.17, 15) is 5.21 Å². The molecule has 4 heteroatoms. The normalized spacial score (nSPS) is 12.8. The first-order chi connectivity index (χ1) is 10.6. The van der Waals surface area contributed by atoms with Gasteiger partial charge >= 0.3 is 0 Å². The maximum Gasteiger partial charge on any atom is 0.263 e. The SMILES string of the molecule is Cc1oc2c(C)c3oc(=NO)c4ccccc4c3cc2c1C. The average Bonchev–Trinajstić information content (AvgIpc) is 2.83. The van der Waals surface area contributed by atoms with Gasteiger partial charge in [0, 0.05) is 21.7 Å². The number of fused-ring (bicyclic) bond motifs is 4. The molecule has 0 spiro atoms. The summed E-state index contributed by atoms with van der Waals surface area (Å²) in [4.78, 5) is 0. The zero-order chi connectivity index (χ0) is 15.4. The quantitative estimate of drug-likeness (QED) is 0.294. The highest BCUT2D eigenvalue weighted by Gasteiger charge is 2.16. The monoisotopic (exact) mass is 293 g/mol. The van der Waals surface area contributed by atoms with Gasteiger partial charge in [-0.1, -0.05) is 18.2 Å². The molecule has 1 N–H and O–H groups in total. The van der Waals surface area contributed by atoms with Crippen LogP contribution in [0.5, 0.6) is 0 Å². The van der Waals surface area contributed by atoms with Crippen LogP contribution in [0.3, 0.4) is 0 Å². The number of aryl methyl sites for hydroxylation is 3. The summed E-state index contributed by atoms with van der Waals surface area (Å²) in [5.41, 5.74) is 3.78. The van der Waals surface area contributed by atoms with Crippen LogP contribution in [0, 0.1) is 20.8 Å². The van der Waals surface area contributed by atoms with Gasteiger partial charge in [-0.15, -0.1) is 0 Å². The van der Waals surface area contributed by atoms with Crippen molar-refractivity contribution in [3.63, 3.8) is 0 Å². The van der Waals surface area contributed by atoms with Gasteiger partial charge in [-0.2, -0.15) is 0 Å². The number of benzene rings is 2. The molecule has 0 aliphatic rings. The standard InChI is InChI=1S/C18H15NO3/c1-9-11(3)21-16-10(2)17-15(8-14(9)16)12-6-4-5-7-13(12)18(19-20)22-17/h4-8,20H,1-3H3. The lowest BCUT2D eigenvalue weighted by molar-refractivity contribution is 0.279. The lowest BCUT2D eigenvalue weighted by Gasteiger charge is -2.06. The minimum Gasteiger partial charge on any atom is -0.461 e. The van der Waals surface area contributed by atoms with Crippen molar-refractivity contribution in [3.8, 4) is 0 Å². The Morgan fingerprint density at radius 1 is 0.818 bits per heavy atom. The molecule has 4 rings (SSSR count). The summed E-state index contributed by atoms with van der Waals surface area (Å²) in [6, 6.07) is 9.86. The summed E-state index contributed by atoms with van der Waals surface area (Å²) < 4.78 is 11.7. The van der Waals surface area contributed by atoms with Crippen molar-refractivity contribution in [2.75, 3.05) is 0 Å². The van der Waals surface area contributed by atoms with Gasteiger partial charge in [0.05, 0.1) is 0 Å². The summed E-state index contributed by atoms with van der Waals surface area (Å²) >= 11 is 0. The average molecular weight is 293 g/mol. The minimum atomic E-state index is 0.213. The molecular weight excluding hydrogens is 278 g/mol. The predicted molar refractivity (Wildman–Crippen MR) is 85.1 cm³/mol. The van der Waals surface area contributed by atoms with Gasteiger partial charge in [0.15, 0.2) is 0 Å². The lowest BCUT2D eigenvalue weighted by Crippen LogP contribution is -2.03. The van der Waals surface area contributed by atoms with Crippen LogP contribution in [0.1, 0.15) is 16.9 Å². The molecule has 0 atom stereocenters. The minimum absolute atomic E-state index is 0.213. The van der Waals surface area contributed by atoms with Crippen LogP contribution in [0.4, 0.5) is 0 Å². The van der Waals surface area contributed by atoms with Gasteiger partial charge in [0.25, 0.3) is 5.55 Å². The molecule has 0 unspecified atom stereocenters. The van der Waals surface area contributed by atoms with Crippen LogP contribution in [0.15, 0.2) is 44.3 Å². The molecular formula is C18H15NO3. The molecule has 22 heavy (non-hydrogen) atoms. The van der Waals surface area contributed by atoms with E-state index in [1.54, 1.807) is 0 Å². The molecule has 0 aliphatic carbocycles. The Bertz CT molecular complexity index is 1120. The summed E-state index contributed by atoms with van der Waals surface area (Å²) in [5, 5.41) is 16.4. The van der Waals surface area contributed by atoms with Crippen molar-refractivity contribution in [2.24, 2.45) is 5.16 Å². The summed E-state index contributed by atoms with van der Waals surface area (Å²) in [6.07, 6.45) is 0. The first-order valence-electron chi connectivity index (χ1n) is 7.14. The van der Waals surface area contributed by atoms with E-state index in [-0.39, 0.29) is 5.55 Å². The highest BCUT2D eigenvalue weighted by atomic mass is 16.5. The number of rotatable bonds is 0. The van der Waals surface area contributed by atoms with Gasteiger partial charge in [-0.25, -0.2) is 0 Å². The van der Waals surface area contributed by atoms with E-state index < -0.39 is 0 Å². The second kappa shape index (κ2) is 4.37. The highest BCUT2D eigenvalue weighted by molar-refractivity contribution is 6.10. The van der Waals surface area contributed by atoms with Crippen molar-refractivity contribution in [3.05, 3.63) is 52.8 Å². The highest BCUT2D eigenvalue weighted by Crippen LogP contribution is 2.35. The van der Waals surface area contributed by atoms with Crippen molar-refractivity contribution >= 4 is 32.7 Å². The molecule has 4 aromatic rings. The number of nitrogens with zero attached hydrogens (tertiary/aromatic N) is 1. The van der Waals surface area contributed by atoms with Crippen molar-refractivity contribution in [2.45, 2.75) is 20.8 Å². The second-order valence-electron chi connectivity index (χ2n) is 5.59. The summed E-state index contributed by atoms with van der Waals surface area (Å²) in [7, 11) is 0. The maximum atomic E-state index is 9.26. The first-order valence-corrected chi connectivity index (χ1v) is 7.14. The zero-order valence-electron chi connectivity index (χ0n) is 12.6. The topological polar surface area (TPSA) is 58.9 Å². The molecule has 0 amide bonds. The van der Waals surface area contributed by atoms with E-state index >= 15 is 0 Å². The number of hydrogen-bond donors (Lipinski definition) is 1. The Labute approximate surface area is 126 Å². The fourth-order valence-corrected chi connectivity index (χ4v) is 3.07. The molecule has 2 aromatic heterocycles. The van der Waals surface area contributed by atoms with E-state index in [1.807, 2.05) is 38.1 Å². The molecule has 0 bridgehead atoms. The fourth-order valence-electron chi connectivity index (χ4n) is 3.07. The number of furan rings is 1. The molecule has 0 aliphatic heterocycles. The fraction of sp³-hybridized carbons (Fsp3) is 0.167.